The Morgan fingerprint density at radius 1 is 1.56 bits per heavy atom. The lowest BCUT2D eigenvalue weighted by atomic mass is 10.7. The van der Waals surface area contributed by atoms with Crippen molar-refractivity contribution in [2.75, 3.05) is 6.61 Å². The van der Waals surface area contributed by atoms with Gasteiger partial charge in [0.15, 0.2) is 0 Å². The molecule has 0 aromatic heterocycles. The first-order valence-corrected chi connectivity index (χ1v) is 7.25. The number of rotatable bonds is 2. The largest absolute Gasteiger partial charge is 0.392 e. The summed E-state index contributed by atoms with van der Waals surface area (Å²) in [5, 5.41) is 8.52. The van der Waals surface area contributed by atoms with E-state index in [1.54, 1.807) is 0 Å². The highest BCUT2D eigenvalue weighted by Gasteiger charge is 2.15. The number of hydrogen-bond donors (Lipinski definition) is 1. The Morgan fingerprint density at radius 3 is 2.11 bits per heavy atom. The molecular formula is C6H13BrOSi. The normalized spacial score (nSPS) is 14.1. The Hall–Kier alpha value is 0.397. The second-order valence-corrected chi connectivity index (χ2v) is 9.61. The molecule has 0 radical (unpaired) electrons. The van der Waals surface area contributed by atoms with E-state index in [1.807, 2.05) is 6.08 Å². The lowest BCUT2D eigenvalue weighted by molar-refractivity contribution is 0.342. The molecule has 54 valence electrons. The smallest absolute Gasteiger partial charge is 0.0862 e. The van der Waals surface area contributed by atoms with Gasteiger partial charge in [-0.15, -0.1) is 0 Å². The Morgan fingerprint density at radius 2 is 2.00 bits per heavy atom. The molecule has 0 saturated carbocycles. The van der Waals surface area contributed by atoms with Crippen molar-refractivity contribution in [2.24, 2.45) is 0 Å². The van der Waals surface area contributed by atoms with Crippen LogP contribution in [-0.4, -0.2) is 19.8 Å². The lowest BCUT2D eigenvalue weighted by Crippen LogP contribution is -2.20. The van der Waals surface area contributed by atoms with Gasteiger partial charge in [0.2, 0.25) is 0 Å². The maximum absolute atomic E-state index is 8.52. The summed E-state index contributed by atoms with van der Waals surface area (Å²) >= 11 is 3.42. The van der Waals surface area contributed by atoms with Gasteiger partial charge in [0.25, 0.3) is 0 Å². The maximum atomic E-state index is 8.52. The fourth-order valence-corrected chi connectivity index (χ4v) is 1.23. The van der Waals surface area contributed by atoms with Gasteiger partial charge in [0.1, 0.15) is 0 Å². The van der Waals surface area contributed by atoms with Gasteiger partial charge in [-0.1, -0.05) is 41.6 Å². The third kappa shape index (κ3) is 3.89. The minimum absolute atomic E-state index is 0.144. The summed E-state index contributed by atoms with van der Waals surface area (Å²) in [4.78, 5) is 0. The lowest BCUT2D eigenvalue weighted by Gasteiger charge is -2.13. The van der Waals surface area contributed by atoms with Crippen molar-refractivity contribution in [3.63, 3.8) is 0 Å². The molecule has 0 amide bonds. The van der Waals surface area contributed by atoms with Gasteiger partial charge in [-0.2, -0.15) is 0 Å². The van der Waals surface area contributed by atoms with Crippen LogP contribution in [0, 0.1) is 0 Å². The SMILES string of the molecule is C[Si](C)(C)/C(Br)=C/CO. The molecule has 0 fully saturated rings. The summed E-state index contributed by atoms with van der Waals surface area (Å²) in [5.74, 6) is 0. The van der Waals surface area contributed by atoms with Crippen molar-refractivity contribution in [2.45, 2.75) is 19.6 Å². The Bertz CT molecular complexity index is 115. The Labute approximate surface area is 65.9 Å². The Balaban J connectivity index is 4.03. The number of halogens is 1. The van der Waals surface area contributed by atoms with Gasteiger partial charge in [-0.05, 0) is 4.11 Å². The molecule has 1 N–H and O–H groups in total. The number of aliphatic hydroxyl groups excluding tert-OH is 1. The molecule has 1 nitrogen and oxygen atoms in total. The summed E-state index contributed by atoms with van der Waals surface area (Å²) in [5.41, 5.74) is 0. The monoisotopic (exact) mass is 208 g/mol. The van der Waals surface area contributed by atoms with Crippen LogP contribution in [0.5, 0.6) is 0 Å². The average Bonchev–Trinajstić information content (AvgIpc) is 1.64. The van der Waals surface area contributed by atoms with E-state index in [1.165, 1.54) is 4.11 Å². The summed E-state index contributed by atoms with van der Waals surface area (Å²) in [6, 6.07) is 0. The standard InChI is InChI=1S/C6H13BrOSi/c1-9(2,3)6(7)4-5-8/h4,8H,5H2,1-3H3/b6-4+. The molecule has 9 heavy (non-hydrogen) atoms. The molecule has 0 atom stereocenters. The fraction of sp³-hybridized carbons (Fsp3) is 0.667. The highest BCUT2D eigenvalue weighted by molar-refractivity contribution is 9.12. The zero-order valence-corrected chi connectivity index (χ0v) is 8.70. The predicted octanol–water partition coefficient (Wildman–Crippen LogP) is 2.13. The van der Waals surface area contributed by atoms with Crippen LogP contribution >= 0.6 is 15.9 Å². The second-order valence-electron chi connectivity index (χ2n) is 2.98. The minimum Gasteiger partial charge on any atom is -0.392 e. The van der Waals surface area contributed by atoms with Gasteiger partial charge in [-0.3, -0.25) is 0 Å². The van der Waals surface area contributed by atoms with E-state index in [-0.39, 0.29) is 6.61 Å². The first-order chi connectivity index (χ1) is 3.98. The molecule has 0 aromatic carbocycles. The van der Waals surface area contributed by atoms with E-state index in [0.717, 1.165) is 0 Å². The molecule has 0 unspecified atom stereocenters. The summed E-state index contributed by atoms with van der Waals surface area (Å²) in [6.45, 7) is 6.82. The topological polar surface area (TPSA) is 20.2 Å². The maximum Gasteiger partial charge on any atom is 0.0862 e. The third-order valence-electron chi connectivity index (χ3n) is 0.987. The summed E-state index contributed by atoms with van der Waals surface area (Å²) < 4.78 is 1.19. The van der Waals surface area contributed by atoms with Crippen LogP contribution in [0.3, 0.4) is 0 Å². The molecule has 0 aromatic rings. The molecule has 0 aliphatic rings. The first-order valence-electron chi connectivity index (χ1n) is 2.95. The van der Waals surface area contributed by atoms with Crippen molar-refractivity contribution in [1.29, 1.82) is 0 Å². The van der Waals surface area contributed by atoms with Crippen molar-refractivity contribution in [3.8, 4) is 0 Å². The van der Waals surface area contributed by atoms with Crippen LogP contribution in [0.1, 0.15) is 0 Å². The van der Waals surface area contributed by atoms with Crippen LogP contribution < -0.4 is 0 Å². The van der Waals surface area contributed by atoms with Gasteiger partial charge < -0.3 is 5.11 Å². The predicted molar refractivity (Wildman–Crippen MR) is 47.4 cm³/mol. The Kier molecular flexibility index (Phi) is 3.69. The average molecular weight is 209 g/mol. The molecule has 0 heterocycles. The van der Waals surface area contributed by atoms with Crippen LogP contribution in [-0.2, 0) is 0 Å². The summed E-state index contributed by atoms with van der Waals surface area (Å²) in [7, 11) is -1.16. The second kappa shape index (κ2) is 3.54. The van der Waals surface area contributed by atoms with Crippen molar-refractivity contribution >= 4 is 24.0 Å². The van der Waals surface area contributed by atoms with Crippen LogP contribution in [0.4, 0.5) is 0 Å². The van der Waals surface area contributed by atoms with E-state index >= 15 is 0 Å². The first kappa shape index (κ1) is 9.40. The quantitative estimate of drug-likeness (QED) is 0.691. The zero-order chi connectivity index (χ0) is 7.49. The zero-order valence-electron chi connectivity index (χ0n) is 6.11. The molecule has 0 bridgehead atoms. The van der Waals surface area contributed by atoms with Gasteiger partial charge in [0.05, 0.1) is 14.7 Å². The fourth-order valence-electron chi connectivity index (χ4n) is 0.386. The highest BCUT2D eigenvalue weighted by atomic mass is 79.9. The molecule has 0 aliphatic carbocycles. The van der Waals surface area contributed by atoms with Crippen molar-refractivity contribution in [3.05, 3.63) is 10.2 Å². The van der Waals surface area contributed by atoms with Crippen molar-refractivity contribution in [1.82, 2.24) is 0 Å². The van der Waals surface area contributed by atoms with Crippen LogP contribution in [0.25, 0.3) is 0 Å². The molecule has 0 saturated heterocycles. The van der Waals surface area contributed by atoms with Crippen LogP contribution in [0.2, 0.25) is 19.6 Å². The molecule has 0 aliphatic heterocycles. The van der Waals surface area contributed by atoms with E-state index in [4.69, 9.17) is 5.11 Å². The van der Waals surface area contributed by atoms with Gasteiger partial charge in [-0.25, -0.2) is 0 Å². The minimum atomic E-state index is -1.16. The molecular weight excluding hydrogens is 196 g/mol. The highest BCUT2D eigenvalue weighted by Crippen LogP contribution is 2.19. The van der Waals surface area contributed by atoms with Gasteiger partial charge in [0, 0.05) is 0 Å². The molecule has 0 spiro atoms. The number of hydrogen-bond acceptors (Lipinski definition) is 1. The van der Waals surface area contributed by atoms with E-state index in [0.29, 0.717) is 0 Å². The van der Waals surface area contributed by atoms with E-state index in [9.17, 15) is 0 Å². The molecule has 3 heteroatoms. The number of aliphatic hydroxyl groups is 1. The van der Waals surface area contributed by atoms with E-state index in [2.05, 4.69) is 35.6 Å². The summed E-state index contributed by atoms with van der Waals surface area (Å²) in [6.07, 6.45) is 1.83. The third-order valence-corrected chi connectivity index (χ3v) is 6.52. The van der Waals surface area contributed by atoms with E-state index < -0.39 is 8.07 Å². The van der Waals surface area contributed by atoms with Crippen LogP contribution in [0.15, 0.2) is 10.2 Å². The van der Waals surface area contributed by atoms with Crippen molar-refractivity contribution < 1.29 is 5.11 Å². The van der Waals surface area contributed by atoms with Gasteiger partial charge >= 0.3 is 0 Å². The molecule has 0 rings (SSSR count).